The fourth-order valence-corrected chi connectivity index (χ4v) is 3.08. The number of aromatic nitrogens is 2. The van der Waals surface area contributed by atoms with Crippen molar-refractivity contribution in [2.24, 2.45) is 0 Å². The Hall–Kier alpha value is -2.82. The molecular formula is C18H17N3O2. The molecule has 5 heteroatoms. The first-order valence-corrected chi connectivity index (χ1v) is 7.63. The highest BCUT2D eigenvalue weighted by Gasteiger charge is 2.22. The van der Waals surface area contributed by atoms with Gasteiger partial charge in [0, 0.05) is 18.7 Å². The summed E-state index contributed by atoms with van der Waals surface area (Å²) in [5.74, 6) is 0.927. The van der Waals surface area contributed by atoms with Crippen molar-refractivity contribution < 1.29 is 9.53 Å². The largest absolute Gasteiger partial charge is 0.497 e. The number of fused-ring (bicyclic) bond motifs is 2. The van der Waals surface area contributed by atoms with Gasteiger partial charge in [0.05, 0.1) is 24.5 Å². The van der Waals surface area contributed by atoms with Gasteiger partial charge in [0.15, 0.2) is 0 Å². The number of imidazole rings is 1. The van der Waals surface area contributed by atoms with Crippen molar-refractivity contribution in [1.29, 1.82) is 0 Å². The van der Waals surface area contributed by atoms with Crippen LogP contribution in [0.25, 0.3) is 11.0 Å². The molecule has 1 aliphatic heterocycles. The van der Waals surface area contributed by atoms with Gasteiger partial charge in [-0.15, -0.1) is 0 Å². The molecule has 2 heterocycles. The van der Waals surface area contributed by atoms with Crippen molar-refractivity contribution in [3.8, 4) is 5.75 Å². The monoisotopic (exact) mass is 307 g/mol. The molecule has 0 unspecified atom stereocenters. The summed E-state index contributed by atoms with van der Waals surface area (Å²) >= 11 is 0. The van der Waals surface area contributed by atoms with E-state index in [1.165, 1.54) is 11.1 Å². The number of rotatable bonds is 2. The number of ether oxygens (including phenoxy) is 1. The fraction of sp³-hybridized carbons (Fsp3) is 0.222. The number of amides is 1. The minimum Gasteiger partial charge on any atom is -0.497 e. The average molecular weight is 307 g/mol. The molecule has 0 atom stereocenters. The number of hydrogen-bond donors (Lipinski definition) is 1. The Labute approximate surface area is 133 Å². The van der Waals surface area contributed by atoms with E-state index in [-0.39, 0.29) is 5.91 Å². The zero-order valence-electron chi connectivity index (χ0n) is 12.9. The lowest BCUT2D eigenvalue weighted by Crippen LogP contribution is -2.35. The van der Waals surface area contributed by atoms with Crippen molar-refractivity contribution in [1.82, 2.24) is 14.9 Å². The van der Waals surface area contributed by atoms with Gasteiger partial charge in [-0.25, -0.2) is 4.98 Å². The first-order chi connectivity index (χ1) is 11.2. The molecule has 1 aliphatic rings. The van der Waals surface area contributed by atoms with Gasteiger partial charge in [0.25, 0.3) is 5.91 Å². The first-order valence-electron chi connectivity index (χ1n) is 7.63. The third-order valence-corrected chi connectivity index (χ3v) is 4.38. The lowest BCUT2D eigenvalue weighted by molar-refractivity contribution is 0.0735. The zero-order valence-corrected chi connectivity index (χ0v) is 12.9. The molecule has 0 saturated heterocycles. The summed E-state index contributed by atoms with van der Waals surface area (Å²) < 4.78 is 5.27. The van der Waals surface area contributed by atoms with Gasteiger partial charge in [-0.3, -0.25) is 4.79 Å². The smallest absolute Gasteiger partial charge is 0.254 e. The molecule has 4 rings (SSSR count). The molecule has 0 bridgehead atoms. The number of H-pyrrole nitrogens is 1. The van der Waals surface area contributed by atoms with E-state index >= 15 is 0 Å². The Kier molecular flexibility index (Phi) is 3.26. The number of carbonyl (C=O) groups is 1. The van der Waals surface area contributed by atoms with E-state index in [1.54, 1.807) is 13.4 Å². The molecule has 1 N–H and O–H groups in total. The van der Waals surface area contributed by atoms with Crippen LogP contribution in [-0.2, 0) is 13.0 Å². The van der Waals surface area contributed by atoms with E-state index in [0.717, 1.165) is 29.7 Å². The SMILES string of the molecule is COc1ccc2c(c1)CCN(C(=O)c1ccc3nc[nH]c3c1)C2. The number of benzene rings is 2. The van der Waals surface area contributed by atoms with E-state index in [0.29, 0.717) is 12.1 Å². The van der Waals surface area contributed by atoms with Crippen molar-refractivity contribution >= 4 is 16.9 Å². The highest BCUT2D eigenvalue weighted by atomic mass is 16.5. The van der Waals surface area contributed by atoms with E-state index in [4.69, 9.17) is 4.74 Å². The Morgan fingerprint density at radius 1 is 1.22 bits per heavy atom. The quantitative estimate of drug-likeness (QED) is 0.792. The van der Waals surface area contributed by atoms with Crippen LogP contribution < -0.4 is 4.74 Å². The number of carbonyl (C=O) groups excluding carboxylic acids is 1. The van der Waals surface area contributed by atoms with Crippen LogP contribution in [0.4, 0.5) is 0 Å². The molecule has 0 spiro atoms. The second-order valence-electron chi connectivity index (χ2n) is 5.75. The number of hydrogen-bond acceptors (Lipinski definition) is 3. The molecule has 0 saturated carbocycles. The van der Waals surface area contributed by atoms with Gasteiger partial charge in [-0.05, 0) is 47.9 Å². The topological polar surface area (TPSA) is 58.2 Å². The van der Waals surface area contributed by atoms with Crippen LogP contribution in [0.1, 0.15) is 21.5 Å². The van der Waals surface area contributed by atoms with E-state index < -0.39 is 0 Å². The summed E-state index contributed by atoms with van der Waals surface area (Å²) in [7, 11) is 1.67. The van der Waals surface area contributed by atoms with Gasteiger partial charge in [-0.2, -0.15) is 0 Å². The standard InChI is InChI=1S/C18H17N3O2/c1-23-15-4-2-14-10-21(7-6-12(14)8-15)18(22)13-3-5-16-17(9-13)20-11-19-16/h2-5,8-9,11H,6-7,10H2,1H3,(H,19,20). The minimum atomic E-state index is 0.0583. The zero-order chi connectivity index (χ0) is 15.8. The van der Waals surface area contributed by atoms with Crippen LogP contribution in [0.3, 0.4) is 0 Å². The van der Waals surface area contributed by atoms with Crippen molar-refractivity contribution in [3.63, 3.8) is 0 Å². The summed E-state index contributed by atoms with van der Waals surface area (Å²) in [5.41, 5.74) is 4.90. The highest BCUT2D eigenvalue weighted by molar-refractivity contribution is 5.97. The summed E-state index contributed by atoms with van der Waals surface area (Å²) in [6, 6.07) is 11.6. The summed E-state index contributed by atoms with van der Waals surface area (Å²) in [6.45, 7) is 1.36. The predicted octanol–water partition coefficient (Wildman–Crippen LogP) is 2.77. The van der Waals surface area contributed by atoms with E-state index in [2.05, 4.69) is 16.0 Å². The van der Waals surface area contributed by atoms with Gasteiger partial charge in [0.2, 0.25) is 0 Å². The van der Waals surface area contributed by atoms with Gasteiger partial charge < -0.3 is 14.6 Å². The molecule has 116 valence electrons. The number of aromatic amines is 1. The summed E-state index contributed by atoms with van der Waals surface area (Å²) in [4.78, 5) is 21.9. The summed E-state index contributed by atoms with van der Waals surface area (Å²) in [6.07, 6.45) is 2.49. The molecule has 2 aromatic carbocycles. The Balaban J connectivity index is 1.59. The van der Waals surface area contributed by atoms with Gasteiger partial charge in [0.1, 0.15) is 5.75 Å². The van der Waals surface area contributed by atoms with Gasteiger partial charge in [-0.1, -0.05) is 6.07 Å². The van der Waals surface area contributed by atoms with Gasteiger partial charge >= 0.3 is 0 Å². The molecule has 1 amide bonds. The lowest BCUT2D eigenvalue weighted by Gasteiger charge is -2.29. The molecule has 0 radical (unpaired) electrons. The Morgan fingerprint density at radius 3 is 3.00 bits per heavy atom. The van der Waals surface area contributed by atoms with Crippen molar-refractivity contribution in [2.75, 3.05) is 13.7 Å². The number of nitrogens with zero attached hydrogens (tertiary/aromatic N) is 2. The molecule has 0 aliphatic carbocycles. The predicted molar refractivity (Wildman–Crippen MR) is 87.5 cm³/mol. The maximum atomic E-state index is 12.8. The molecule has 1 aromatic heterocycles. The fourth-order valence-electron chi connectivity index (χ4n) is 3.08. The maximum Gasteiger partial charge on any atom is 0.254 e. The van der Waals surface area contributed by atoms with Crippen LogP contribution in [0.15, 0.2) is 42.7 Å². The third-order valence-electron chi connectivity index (χ3n) is 4.38. The molecule has 3 aromatic rings. The Morgan fingerprint density at radius 2 is 2.13 bits per heavy atom. The molecular weight excluding hydrogens is 290 g/mol. The third kappa shape index (κ3) is 2.44. The maximum absolute atomic E-state index is 12.8. The molecule has 5 nitrogen and oxygen atoms in total. The normalized spacial score (nSPS) is 13.9. The van der Waals surface area contributed by atoms with Crippen LogP contribution in [0.5, 0.6) is 5.75 Å². The minimum absolute atomic E-state index is 0.0583. The average Bonchev–Trinajstić information content (AvgIpc) is 3.07. The van der Waals surface area contributed by atoms with Crippen LogP contribution >= 0.6 is 0 Å². The van der Waals surface area contributed by atoms with Crippen LogP contribution in [0, 0.1) is 0 Å². The van der Waals surface area contributed by atoms with Crippen LogP contribution in [-0.4, -0.2) is 34.4 Å². The van der Waals surface area contributed by atoms with Crippen molar-refractivity contribution in [2.45, 2.75) is 13.0 Å². The molecule has 0 fully saturated rings. The highest BCUT2D eigenvalue weighted by Crippen LogP contribution is 2.25. The Bertz CT molecular complexity index is 885. The first kappa shape index (κ1) is 13.8. The van der Waals surface area contributed by atoms with E-state index in [1.807, 2.05) is 35.2 Å². The second-order valence-corrected chi connectivity index (χ2v) is 5.75. The number of nitrogens with one attached hydrogen (secondary N) is 1. The lowest BCUT2D eigenvalue weighted by atomic mass is 9.98. The summed E-state index contributed by atoms with van der Waals surface area (Å²) in [5, 5.41) is 0. The second kappa shape index (κ2) is 5.43. The van der Waals surface area contributed by atoms with Crippen LogP contribution in [0.2, 0.25) is 0 Å². The van der Waals surface area contributed by atoms with E-state index in [9.17, 15) is 4.79 Å². The number of methoxy groups -OCH3 is 1. The molecule has 23 heavy (non-hydrogen) atoms. The van der Waals surface area contributed by atoms with Crippen molar-refractivity contribution in [3.05, 3.63) is 59.4 Å².